The van der Waals surface area contributed by atoms with E-state index in [-0.39, 0.29) is 12.0 Å². The molecule has 4 rings (SSSR count). The Hall–Kier alpha value is -2.40. The van der Waals surface area contributed by atoms with E-state index in [1.165, 1.54) is 0 Å². The van der Waals surface area contributed by atoms with Crippen LogP contribution in [0.25, 0.3) is 0 Å². The monoisotopic (exact) mass is 451 g/mol. The second kappa shape index (κ2) is 7.94. The molecule has 1 fully saturated rings. The first-order chi connectivity index (χ1) is 14.7. The molecular formula is C26H27O4Ti. The quantitative estimate of drug-likeness (QED) is 0.520. The average molecular weight is 451 g/mol. The van der Waals surface area contributed by atoms with Crippen LogP contribution in [0.4, 0.5) is 0 Å². The number of hydrogen-bond acceptors (Lipinski definition) is 4. The van der Waals surface area contributed by atoms with Crippen LogP contribution in [-0.2, 0) is 42.9 Å². The zero-order chi connectivity index (χ0) is 22.3. The maximum atomic E-state index is 13.8. The maximum absolute atomic E-state index is 13.8. The summed E-state index contributed by atoms with van der Waals surface area (Å²) < 4.78 is 25.2. The van der Waals surface area contributed by atoms with Gasteiger partial charge in [0.05, 0.1) is 0 Å². The first-order valence-corrected chi connectivity index (χ1v) is 13.2. The number of rotatable bonds is 5. The minimum absolute atomic E-state index is 0.263. The Kier molecular flexibility index (Phi) is 5.59. The third kappa shape index (κ3) is 3.85. The molecule has 5 heteroatoms. The van der Waals surface area contributed by atoms with Crippen LogP contribution in [0, 0.1) is 0 Å². The average Bonchev–Trinajstić information content (AvgIpc) is 3.14. The van der Waals surface area contributed by atoms with Gasteiger partial charge in [0.25, 0.3) is 0 Å². The fraction of sp³-hybridized carbons (Fsp3) is 0.269. The molecule has 0 bridgehead atoms. The summed E-state index contributed by atoms with van der Waals surface area (Å²) in [5, 5.41) is 0. The van der Waals surface area contributed by atoms with Gasteiger partial charge >= 0.3 is 188 Å². The van der Waals surface area contributed by atoms with Crippen molar-refractivity contribution < 1.29 is 32.1 Å². The van der Waals surface area contributed by atoms with E-state index in [2.05, 4.69) is 58.0 Å². The standard InChI is InChI=1S/C24H25.C2H3O3.O.Ti/c1-23(2,19-13-7-5-8-14-19)21-17-11-12-18-22(21)24(3,4)20-15-9-6-10-16-20;3-1-2(4)5;;/h5-17H,1-4H3;1H2,(H,4,5);;/q;-1;;+2/p-1. The normalized spacial score (nSPS) is 19.3. The van der Waals surface area contributed by atoms with Gasteiger partial charge < -0.3 is 0 Å². The van der Waals surface area contributed by atoms with E-state index in [0.717, 1.165) is 22.3 Å². The molecule has 0 radical (unpaired) electrons. The molecule has 0 N–H and O–H groups in total. The van der Waals surface area contributed by atoms with E-state index < -0.39 is 28.7 Å². The van der Waals surface area contributed by atoms with E-state index in [0.29, 0.717) is 3.87 Å². The van der Waals surface area contributed by atoms with E-state index in [9.17, 15) is 8.12 Å². The predicted molar refractivity (Wildman–Crippen MR) is 116 cm³/mol. The van der Waals surface area contributed by atoms with Crippen LogP contribution in [0.2, 0.25) is 0 Å². The Morgan fingerprint density at radius 3 is 1.81 bits per heavy atom. The van der Waals surface area contributed by atoms with Crippen molar-refractivity contribution in [2.75, 3.05) is 6.61 Å². The van der Waals surface area contributed by atoms with E-state index in [4.69, 9.17) is 6.64 Å². The van der Waals surface area contributed by atoms with Gasteiger partial charge in [-0.25, -0.2) is 0 Å². The van der Waals surface area contributed by atoms with Crippen molar-refractivity contribution in [1.82, 2.24) is 0 Å². The summed E-state index contributed by atoms with van der Waals surface area (Å²) in [5.41, 5.74) is 3.30. The predicted octanol–water partition coefficient (Wildman–Crippen LogP) is 4.87. The molecule has 1 aliphatic rings. The van der Waals surface area contributed by atoms with Gasteiger partial charge in [0.15, 0.2) is 0 Å². The molecule has 0 saturated carbocycles. The summed E-state index contributed by atoms with van der Waals surface area (Å²) >= 11 is -4.74. The Morgan fingerprint density at radius 2 is 1.29 bits per heavy atom. The second-order valence-electron chi connectivity index (χ2n) is 9.03. The zero-order valence-corrected chi connectivity index (χ0v) is 19.9. The van der Waals surface area contributed by atoms with Gasteiger partial charge in [-0.3, -0.25) is 0 Å². The van der Waals surface area contributed by atoms with Crippen molar-refractivity contribution in [3.8, 4) is 0 Å². The zero-order valence-electron chi connectivity index (χ0n) is 18.3. The molecule has 1 saturated heterocycles. The Labute approximate surface area is 187 Å². The Morgan fingerprint density at radius 1 is 0.742 bits per heavy atom. The molecule has 0 aromatic heterocycles. The van der Waals surface area contributed by atoms with Crippen molar-refractivity contribution in [2.24, 2.45) is 0 Å². The van der Waals surface area contributed by atoms with Gasteiger partial charge in [0.2, 0.25) is 0 Å². The molecule has 31 heavy (non-hydrogen) atoms. The molecule has 1 atom stereocenters. The molecule has 3 aromatic carbocycles. The summed E-state index contributed by atoms with van der Waals surface area (Å²) in [6.45, 7) is 8.30. The molecule has 159 valence electrons. The Bertz CT molecular complexity index is 1150. The SMILES string of the molecule is CC(C)(c1ccccc1)c1ccc[c]([Ti]2(=[O])[O]CC(=O)[O]2)c1C(C)(C)c1ccccc1. The van der Waals surface area contributed by atoms with Gasteiger partial charge in [-0.05, 0) is 0 Å². The van der Waals surface area contributed by atoms with Crippen LogP contribution < -0.4 is 3.87 Å². The molecule has 3 aromatic rings. The molecule has 0 spiro atoms. The third-order valence-electron chi connectivity index (χ3n) is 6.31. The van der Waals surface area contributed by atoms with E-state index >= 15 is 0 Å². The van der Waals surface area contributed by atoms with Gasteiger partial charge in [0, 0.05) is 0 Å². The molecule has 1 unspecified atom stereocenters. The third-order valence-corrected chi connectivity index (χ3v) is 9.59. The molecule has 0 amide bonds. The number of carbonyl (C=O) groups excluding carboxylic acids is 1. The van der Waals surface area contributed by atoms with Crippen LogP contribution in [-0.4, -0.2) is 12.6 Å². The number of carbonyl (C=O) groups is 1. The topological polar surface area (TPSA) is 52.6 Å². The van der Waals surface area contributed by atoms with Gasteiger partial charge in [-0.2, -0.15) is 0 Å². The van der Waals surface area contributed by atoms with Gasteiger partial charge in [-0.15, -0.1) is 0 Å². The van der Waals surface area contributed by atoms with Crippen molar-refractivity contribution in [2.45, 2.75) is 38.5 Å². The van der Waals surface area contributed by atoms with Crippen molar-refractivity contribution in [1.29, 1.82) is 0 Å². The van der Waals surface area contributed by atoms with E-state index in [1.54, 1.807) is 6.07 Å². The number of hydrogen-bond donors (Lipinski definition) is 0. The fourth-order valence-electron chi connectivity index (χ4n) is 4.51. The first-order valence-electron chi connectivity index (χ1n) is 10.5. The fourth-order valence-corrected chi connectivity index (χ4v) is 7.70. The van der Waals surface area contributed by atoms with Gasteiger partial charge in [-0.1, -0.05) is 0 Å². The van der Waals surface area contributed by atoms with E-state index in [1.807, 2.05) is 42.5 Å². The van der Waals surface area contributed by atoms with Crippen LogP contribution in [0.3, 0.4) is 0 Å². The van der Waals surface area contributed by atoms with Gasteiger partial charge in [0.1, 0.15) is 0 Å². The van der Waals surface area contributed by atoms with Crippen LogP contribution >= 0.6 is 0 Å². The molecule has 1 heterocycles. The molecule has 0 aliphatic carbocycles. The van der Waals surface area contributed by atoms with Crippen LogP contribution in [0.5, 0.6) is 0 Å². The van der Waals surface area contributed by atoms with Crippen molar-refractivity contribution in [3.63, 3.8) is 0 Å². The van der Waals surface area contributed by atoms with Crippen LogP contribution in [0.1, 0.15) is 49.9 Å². The summed E-state index contributed by atoms with van der Waals surface area (Å²) in [6.07, 6.45) is 0. The minimum atomic E-state index is -4.74. The van der Waals surface area contributed by atoms with Crippen LogP contribution in [0.15, 0.2) is 78.9 Å². The summed E-state index contributed by atoms with van der Waals surface area (Å²) in [4.78, 5) is 11.9. The second-order valence-corrected chi connectivity index (χ2v) is 12.4. The molecule has 1 aliphatic heterocycles. The summed E-state index contributed by atoms with van der Waals surface area (Å²) in [5.74, 6) is -0.564. The van der Waals surface area contributed by atoms with Crippen molar-refractivity contribution in [3.05, 3.63) is 101 Å². The molecular weight excluding hydrogens is 424 g/mol. The summed E-state index contributed by atoms with van der Waals surface area (Å²) in [6, 6.07) is 26.2. The summed E-state index contributed by atoms with van der Waals surface area (Å²) in [7, 11) is 0. The Balaban J connectivity index is 2.02. The first kappa shape index (κ1) is 21.8. The molecule has 4 nitrogen and oxygen atoms in total. The number of benzene rings is 3. The van der Waals surface area contributed by atoms with Crippen molar-refractivity contribution >= 4 is 9.84 Å².